The molecule has 0 saturated heterocycles. The molecule has 4 rings (SSSR count). The van der Waals surface area contributed by atoms with Crippen molar-refractivity contribution in [2.45, 2.75) is 6.42 Å². The van der Waals surface area contributed by atoms with Gasteiger partial charge in [-0.15, -0.1) is 10.2 Å². The van der Waals surface area contributed by atoms with Crippen LogP contribution >= 0.6 is 0 Å². The van der Waals surface area contributed by atoms with Gasteiger partial charge in [-0.25, -0.2) is 0 Å². The van der Waals surface area contributed by atoms with E-state index in [4.69, 9.17) is 0 Å². The van der Waals surface area contributed by atoms with Gasteiger partial charge in [0.25, 0.3) is 0 Å². The molecule has 0 radical (unpaired) electrons. The van der Waals surface area contributed by atoms with E-state index in [-0.39, 0.29) is 5.91 Å². The second kappa shape index (κ2) is 5.00. The van der Waals surface area contributed by atoms with Crippen LogP contribution in [-0.4, -0.2) is 25.5 Å². The van der Waals surface area contributed by atoms with Crippen molar-refractivity contribution in [3.05, 3.63) is 60.7 Å². The molecule has 4 aromatic rings. The third kappa shape index (κ3) is 2.20. The molecule has 0 aliphatic carbocycles. The quantitative estimate of drug-likeness (QED) is 0.608. The monoisotopic (exact) mass is 291 g/mol. The van der Waals surface area contributed by atoms with Crippen molar-refractivity contribution in [1.29, 1.82) is 0 Å². The molecule has 0 aliphatic rings. The van der Waals surface area contributed by atoms with Gasteiger partial charge >= 0.3 is 0 Å². The van der Waals surface area contributed by atoms with Crippen LogP contribution in [-0.2, 0) is 11.2 Å². The standard InChI is InChI=1S/C16H13N5O/c22-16(7-11-8-17-14-4-2-1-3-13(11)14)19-12-5-6-15-20-18-10-21(15)9-12/h1-6,8-10,17H,7H2,(H,19,22). The van der Waals surface area contributed by atoms with Crippen LogP contribution in [0.1, 0.15) is 5.56 Å². The van der Waals surface area contributed by atoms with Crippen molar-refractivity contribution in [1.82, 2.24) is 19.6 Å². The number of H-pyrrole nitrogens is 1. The van der Waals surface area contributed by atoms with Gasteiger partial charge in [0.1, 0.15) is 6.33 Å². The molecule has 2 N–H and O–H groups in total. The Morgan fingerprint density at radius 2 is 2.14 bits per heavy atom. The van der Waals surface area contributed by atoms with Gasteiger partial charge < -0.3 is 10.3 Å². The first-order valence-corrected chi connectivity index (χ1v) is 6.94. The molecule has 0 atom stereocenters. The van der Waals surface area contributed by atoms with Crippen LogP contribution in [0.5, 0.6) is 0 Å². The lowest BCUT2D eigenvalue weighted by atomic mass is 10.1. The van der Waals surface area contributed by atoms with Gasteiger partial charge in [0.15, 0.2) is 5.65 Å². The van der Waals surface area contributed by atoms with E-state index < -0.39 is 0 Å². The molecule has 0 spiro atoms. The minimum Gasteiger partial charge on any atom is -0.361 e. The zero-order valence-corrected chi connectivity index (χ0v) is 11.7. The topological polar surface area (TPSA) is 75.1 Å². The van der Waals surface area contributed by atoms with E-state index in [0.29, 0.717) is 6.42 Å². The van der Waals surface area contributed by atoms with Crippen molar-refractivity contribution in [3.8, 4) is 0 Å². The third-order valence-electron chi connectivity index (χ3n) is 3.60. The van der Waals surface area contributed by atoms with Crippen LogP contribution in [0.25, 0.3) is 16.6 Å². The van der Waals surface area contributed by atoms with Crippen molar-refractivity contribution >= 4 is 28.1 Å². The number of aromatic nitrogens is 4. The number of anilines is 1. The highest BCUT2D eigenvalue weighted by Crippen LogP contribution is 2.18. The van der Waals surface area contributed by atoms with Crippen molar-refractivity contribution in [2.24, 2.45) is 0 Å². The highest BCUT2D eigenvalue weighted by Gasteiger charge is 2.09. The van der Waals surface area contributed by atoms with Crippen molar-refractivity contribution in [3.63, 3.8) is 0 Å². The number of carbonyl (C=O) groups is 1. The molecule has 1 amide bonds. The van der Waals surface area contributed by atoms with E-state index in [2.05, 4.69) is 20.5 Å². The van der Waals surface area contributed by atoms with Gasteiger partial charge in [-0.1, -0.05) is 18.2 Å². The third-order valence-corrected chi connectivity index (χ3v) is 3.60. The number of benzene rings is 1. The number of hydrogen-bond acceptors (Lipinski definition) is 3. The van der Waals surface area contributed by atoms with Crippen LogP contribution in [0.2, 0.25) is 0 Å². The number of pyridine rings is 1. The van der Waals surface area contributed by atoms with E-state index >= 15 is 0 Å². The Morgan fingerprint density at radius 1 is 1.23 bits per heavy atom. The van der Waals surface area contributed by atoms with Crippen LogP contribution in [0.15, 0.2) is 55.1 Å². The fourth-order valence-electron chi connectivity index (χ4n) is 2.56. The second-order valence-corrected chi connectivity index (χ2v) is 5.10. The maximum Gasteiger partial charge on any atom is 0.228 e. The molecule has 6 heteroatoms. The highest BCUT2D eigenvalue weighted by molar-refractivity contribution is 5.95. The number of nitrogens with zero attached hydrogens (tertiary/aromatic N) is 3. The minimum absolute atomic E-state index is 0.0582. The number of para-hydroxylation sites is 1. The lowest BCUT2D eigenvalue weighted by Crippen LogP contribution is -2.14. The summed E-state index contributed by atoms with van der Waals surface area (Å²) in [6.07, 6.45) is 5.60. The summed E-state index contributed by atoms with van der Waals surface area (Å²) >= 11 is 0. The molecule has 0 fully saturated rings. The zero-order valence-electron chi connectivity index (χ0n) is 11.7. The maximum absolute atomic E-state index is 12.2. The number of amides is 1. The van der Waals surface area contributed by atoms with Gasteiger partial charge in [-0.05, 0) is 23.8 Å². The molecule has 6 nitrogen and oxygen atoms in total. The molecule has 108 valence electrons. The molecule has 22 heavy (non-hydrogen) atoms. The minimum atomic E-state index is -0.0582. The van der Waals surface area contributed by atoms with E-state index in [0.717, 1.165) is 27.8 Å². The van der Waals surface area contributed by atoms with E-state index in [1.165, 1.54) is 0 Å². The Bertz CT molecular complexity index is 969. The highest BCUT2D eigenvalue weighted by atomic mass is 16.1. The molecule has 1 aromatic carbocycles. The molecule has 0 bridgehead atoms. The fraction of sp³-hybridized carbons (Fsp3) is 0.0625. The average Bonchev–Trinajstić information content (AvgIpc) is 3.14. The first-order chi connectivity index (χ1) is 10.8. The molecular formula is C16H13N5O. The lowest BCUT2D eigenvalue weighted by Gasteiger charge is -2.05. The van der Waals surface area contributed by atoms with Gasteiger partial charge in [-0.3, -0.25) is 9.20 Å². The summed E-state index contributed by atoms with van der Waals surface area (Å²) in [5, 5.41) is 11.7. The predicted octanol–water partition coefficient (Wildman–Crippen LogP) is 2.39. The van der Waals surface area contributed by atoms with Crippen LogP contribution in [0, 0.1) is 0 Å². The number of carbonyl (C=O) groups excluding carboxylic acids is 1. The molecule has 3 heterocycles. The number of aromatic amines is 1. The number of nitrogens with one attached hydrogen (secondary N) is 2. The summed E-state index contributed by atoms with van der Waals surface area (Å²) in [6, 6.07) is 11.6. The molecule has 0 aliphatic heterocycles. The first-order valence-electron chi connectivity index (χ1n) is 6.94. The summed E-state index contributed by atoms with van der Waals surface area (Å²) in [4.78, 5) is 15.4. The Hall–Kier alpha value is -3.15. The molecular weight excluding hydrogens is 278 g/mol. The summed E-state index contributed by atoms with van der Waals surface area (Å²) < 4.78 is 1.77. The lowest BCUT2D eigenvalue weighted by molar-refractivity contribution is -0.115. The normalized spacial score (nSPS) is 11.1. The summed E-state index contributed by atoms with van der Waals surface area (Å²) in [5.74, 6) is -0.0582. The van der Waals surface area contributed by atoms with Crippen LogP contribution in [0.3, 0.4) is 0 Å². The van der Waals surface area contributed by atoms with Crippen LogP contribution in [0.4, 0.5) is 5.69 Å². The van der Waals surface area contributed by atoms with E-state index in [9.17, 15) is 4.79 Å². The zero-order chi connectivity index (χ0) is 14.9. The summed E-state index contributed by atoms with van der Waals surface area (Å²) in [5.41, 5.74) is 3.49. The van der Waals surface area contributed by atoms with E-state index in [1.807, 2.05) is 42.6 Å². The van der Waals surface area contributed by atoms with Gasteiger partial charge in [-0.2, -0.15) is 0 Å². The Balaban J connectivity index is 1.54. The molecule has 0 unspecified atom stereocenters. The Labute approximate surface area is 125 Å². The van der Waals surface area contributed by atoms with Gasteiger partial charge in [0, 0.05) is 23.3 Å². The summed E-state index contributed by atoms with van der Waals surface area (Å²) in [6.45, 7) is 0. The van der Waals surface area contributed by atoms with Gasteiger partial charge in [0.05, 0.1) is 12.1 Å². The van der Waals surface area contributed by atoms with Crippen molar-refractivity contribution < 1.29 is 4.79 Å². The fourth-order valence-corrected chi connectivity index (χ4v) is 2.56. The first kappa shape index (κ1) is 12.6. The van der Waals surface area contributed by atoms with E-state index in [1.54, 1.807) is 16.9 Å². The van der Waals surface area contributed by atoms with Crippen molar-refractivity contribution in [2.75, 3.05) is 5.32 Å². The SMILES string of the molecule is O=C(Cc1c[nH]c2ccccc12)Nc1ccc2nncn2c1. The van der Waals surface area contributed by atoms with Gasteiger partial charge in [0.2, 0.25) is 5.91 Å². The Kier molecular flexibility index (Phi) is 2.86. The smallest absolute Gasteiger partial charge is 0.228 e. The predicted molar refractivity (Wildman–Crippen MR) is 83.6 cm³/mol. The Morgan fingerprint density at radius 3 is 3.09 bits per heavy atom. The average molecular weight is 291 g/mol. The molecule has 3 aromatic heterocycles. The summed E-state index contributed by atoms with van der Waals surface area (Å²) in [7, 11) is 0. The number of hydrogen-bond donors (Lipinski definition) is 2. The van der Waals surface area contributed by atoms with Crippen LogP contribution < -0.4 is 5.32 Å². The number of rotatable bonds is 3. The molecule has 0 saturated carbocycles. The second-order valence-electron chi connectivity index (χ2n) is 5.10. The maximum atomic E-state index is 12.2. The largest absolute Gasteiger partial charge is 0.361 e. The number of fused-ring (bicyclic) bond motifs is 2.